The van der Waals surface area contributed by atoms with Gasteiger partial charge in [0.2, 0.25) is 21.8 Å². The molecule has 1 atom stereocenters. The number of carbonyl (C=O) groups excluding carboxylic acids is 2. The molecule has 0 bridgehead atoms. The summed E-state index contributed by atoms with van der Waals surface area (Å²) in [6, 6.07) is 10.7. The van der Waals surface area contributed by atoms with Crippen LogP contribution in [0.2, 0.25) is 0 Å². The Labute approximate surface area is 224 Å². The predicted molar refractivity (Wildman–Crippen MR) is 144 cm³/mol. The molecule has 1 fully saturated rings. The van der Waals surface area contributed by atoms with Gasteiger partial charge in [0.25, 0.3) is 0 Å². The number of sulfonamides is 1. The minimum absolute atomic E-state index is 0.0468. The molecule has 1 unspecified atom stereocenters. The van der Waals surface area contributed by atoms with E-state index in [0.29, 0.717) is 12.0 Å². The Hall–Kier alpha value is -3.01. The molecule has 1 saturated carbocycles. The summed E-state index contributed by atoms with van der Waals surface area (Å²) in [5, 5.41) is 3.10. The first kappa shape index (κ1) is 29.5. The number of anilines is 1. The van der Waals surface area contributed by atoms with Crippen molar-refractivity contribution >= 4 is 27.5 Å². The van der Waals surface area contributed by atoms with Crippen LogP contribution in [0.15, 0.2) is 48.5 Å². The lowest BCUT2D eigenvalue weighted by Crippen LogP contribution is -2.51. The first-order chi connectivity index (χ1) is 18.1. The number of hydrogen-bond acceptors (Lipinski definition) is 4. The van der Waals surface area contributed by atoms with Crippen molar-refractivity contribution in [1.82, 2.24) is 10.2 Å². The van der Waals surface area contributed by atoms with E-state index in [9.17, 15) is 26.8 Å². The molecule has 10 heteroatoms. The second kappa shape index (κ2) is 13.7. The normalized spacial score (nSPS) is 15.1. The van der Waals surface area contributed by atoms with Crippen LogP contribution in [0.1, 0.15) is 63.9 Å². The Bertz CT molecular complexity index is 1180. The van der Waals surface area contributed by atoms with Gasteiger partial charge in [-0.15, -0.1) is 0 Å². The lowest BCUT2D eigenvalue weighted by Gasteiger charge is -2.33. The lowest BCUT2D eigenvalue weighted by molar-refractivity contribution is -0.141. The quantitative estimate of drug-likeness (QED) is 0.413. The second-order valence-electron chi connectivity index (χ2n) is 9.81. The average Bonchev–Trinajstić information content (AvgIpc) is 2.88. The Balaban J connectivity index is 1.76. The van der Waals surface area contributed by atoms with Gasteiger partial charge < -0.3 is 10.2 Å². The van der Waals surface area contributed by atoms with Crippen LogP contribution in [0.3, 0.4) is 0 Å². The third-order valence-corrected chi connectivity index (χ3v) is 8.06. The van der Waals surface area contributed by atoms with Crippen molar-refractivity contribution in [2.75, 3.05) is 17.1 Å². The Morgan fingerprint density at radius 1 is 1.03 bits per heavy atom. The van der Waals surface area contributed by atoms with Crippen LogP contribution in [0.25, 0.3) is 0 Å². The van der Waals surface area contributed by atoms with Gasteiger partial charge in [0.15, 0.2) is 0 Å². The molecule has 2 aromatic carbocycles. The molecule has 0 radical (unpaired) electrons. The van der Waals surface area contributed by atoms with E-state index >= 15 is 0 Å². The van der Waals surface area contributed by atoms with Crippen molar-refractivity contribution in [3.8, 4) is 0 Å². The van der Waals surface area contributed by atoms with Crippen molar-refractivity contribution in [2.24, 2.45) is 0 Å². The van der Waals surface area contributed by atoms with Crippen molar-refractivity contribution in [3.63, 3.8) is 0 Å². The molecule has 3 rings (SSSR count). The summed E-state index contributed by atoms with van der Waals surface area (Å²) in [5.41, 5.74) is 0.594. The van der Waals surface area contributed by atoms with Crippen molar-refractivity contribution < 1.29 is 26.8 Å². The zero-order valence-corrected chi connectivity index (χ0v) is 22.9. The molecule has 1 aliphatic rings. The van der Waals surface area contributed by atoms with Gasteiger partial charge in [0.1, 0.15) is 17.7 Å². The highest BCUT2D eigenvalue weighted by atomic mass is 32.2. The van der Waals surface area contributed by atoms with E-state index in [4.69, 9.17) is 0 Å². The lowest BCUT2D eigenvalue weighted by atomic mass is 9.95. The smallest absolute Gasteiger partial charge is 0.243 e. The number of hydrogen-bond donors (Lipinski definition) is 1. The standard InChI is InChI=1S/C28H37F2N3O4S/c1-3-25(28(35)31-23-10-5-4-6-11-23)32(20-21-15-17-22(29)18-16-21)27(34)14-9-19-33(38(2,36)37)26-13-8-7-12-24(26)30/h7-8,12-13,15-18,23,25H,3-6,9-11,14,19-20H2,1-2H3,(H,31,35). The first-order valence-corrected chi connectivity index (χ1v) is 15.0. The van der Waals surface area contributed by atoms with E-state index in [1.807, 2.05) is 6.92 Å². The van der Waals surface area contributed by atoms with Gasteiger partial charge >= 0.3 is 0 Å². The fourth-order valence-corrected chi connectivity index (χ4v) is 5.85. The van der Waals surface area contributed by atoms with Crippen LogP contribution < -0.4 is 9.62 Å². The number of benzene rings is 2. The second-order valence-corrected chi connectivity index (χ2v) is 11.7. The van der Waals surface area contributed by atoms with Crippen molar-refractivity contribution in [3.05, 3.63) is 65.7 Å². The maximum atomic E-state index is 14.3. The molecule has 0 spiro atoms. The van der Waals surface area contributed by atoms with Gasteiger partial charge in [-0.25, -0.2) is 17.2 Å². The average molecular weight is 550 g/mol. The zero-order valence-electron chi connectivity index (χ0n) is 22.0. The Kier molecular flexibility index (Phi) is 10.6. The van der Waals surface area contributed by atoms with Crippen LogP contribution in [0, 0.1) is 11.6 Å². The molecule has 7 nitrogen and oxygen atoms in total. The predicted octanol–water partition coefficient (Wildman–Crippen LogP) is 4.77. The van der Waals surface area contributed by atoms with Crippen LogP contribution in [0.4, 0.5) is 14.5 Å². The summed E-state index contributed by atoms with van der Waals surface area (Å²) in [6.07, 6.45) is 6.53. The third-order valence-electron chi connectivity index (χ3n) is 6.88. The zero-order chi connectivity index (χ0) is 27.7. The van der Waals surface area contributed by atoms with Gasteiger partial charge in [0.05, 0.1) is 11.9 Å². The number of amides is 2. The third kappa shape index (κ3) is 8.24. The molecule has 1 aliphatic carbocycles. The number of rotatable bonds is 12. The van der Waals surface area contributed by atoms with E-state index in [1.165, 1.54) is 35.2 Å². The molecule has 0 aliphatic heterocycles. The van der Waals surface area contributed by atoms with E-state index in [1.54, 1.807) is 18.2 Å². The largest absolute Gasteiger partial charge is 0.352 e. The maximum Gasteiger partial charge on any atom is 0.243 e. The van der Waals surface area contributed by atoms with E-state index < -0.39 is 27.7 Å². The summed E-state index contributed by atoms with van der Waals surface area (Å²) in [7, 11) is -3.79. The summed E-state index contributed by atoms with van der Waals surface area (Å²) in [4.78, 5) is 28.2. The Morgan fingerprint density at radius 2 is 1.68 bits per heavy atom. The van der Waals surface area contributed by atoms with Crippen LogP contribution in [0.5, 0.6) is 0 Å². The van der Waals surface area contributed by atoms with E-state index in [0.717, 1.165) is 42.7 Å². The van der Waals surface area contributed by atoms with Gasteiger partial charge in [-0.3, -0.25) is 13.9 Å². The number of carbonyl (C=O) groups is 2. The topological polar surface area (TPSA) is 86.8 Å². The van der Waals surface area contributed by atoms with Gasteiger partial charge in [-0.1, -0.05) is 50.5 Å². The van der Waals surface area contributed by atoms with Crippen LogP contribution in [-0.4, -0.2) is 50.0 Å². The summed E-state index contributed by atoms with van der Waals surface area (Å²) >= 11 is 0. The molecule has 38 heavy (non-hydrogen) atoms. The van der Waals surface area contributed by atoms with Crippen molar-refractivity contribution in [1.29, 1.82) is 0 Å². The number of nitrogens with one attached hydrogen (secondary N) is 1. The molecular weight excluding hydrogens is 512 g/mol. The highest BCUT2D eigenvalue weighted by molar-refractivity contribution is 7.92. The number of nitrogens with zero attached hydrogens (tertiary/aromatic N) is 2. The minimum Gasteiger partial charge on any atom is -0.352 e. The maximum absolute atomic E-state index is 14.3. The minimum atomic E-state index is -3.79. The number of halogens is 2. The molecule has 2 aromatic rings. The highest BCUT2D eigenvalue weighted by Gasteiger charge is 2.30. The molecule has 208 valence electrons. The van der Waals surface area contributed by atoms with Crippen molar-refractivity contribution in [2.45, 2.75) is 76.9 Å². The van der Waals surface area contributed by atoms with Gasteiger partial charge in [0, 0.05) is 25.6 Å². The summed E-state index contributed by atoms with van der Waals surface area (Å²) in [5.74, 6) is -1.63. The monoisotopic (exact) mass is 549 g/mol. The molecule has 0 saturated heterocycles. The van der Waals surface area contributed by atoms with Crippen LogP contribution >= 0.6 is 0 Å². The fourth-order valence-electron chi connectivity index (χ4n) is 4.89. The molecule has 1 N–H and O–H groups in total. The fraction of sp³-hybridized carbons (Fsp3) is 0.500. The Morgan fingerprint density at radius 3 is 2.29 bits per heavy atom. The molecule has 0 heterocycles. The van der Waals surface area contributed by atoms with E-state index in [-0.39, 0.29) is 49.5 Å². The van der Waals surface area contributed by atoms with E-state index in [2.05, 4.69) is 5.32 Å². The van der Waals surface area contributed by atoms with Crippen LogP contribution in [-0.2, 0) is 26.2 Å². The first-order valence-electron chi connectivity index (χ1n) is 13.2. The molecular formula is C28H37F2N3O4S. The van der Waals surface area contributed by atoms with Gasteiger partial charge in [-0.2, -0.15) is 0 Å². The molecule has 2 amide bonds. The number of para-hydroxylation sites is 1. The summed E-state index contributed by atoms with van der Waals surface area (Å²) < 4.78 is 53.5. The highest BCUT2D eigenvalue weighted by Crippen LogP contribution is 2.23. The summed E-state index contributed by atoms with van der Waals surface area (Å²) in [6.45, 7) is 1.85. The molecule has 0 aromatic heterocycles. The SMILES string of the molecule is CCC(C(=O)NC1CCCCC1)N(Cc1ccc(F)cc1)C(=O)CCCN(c1ccccc1F)S(C)(=O)=O. The van der Waals surface area contributed by atoms with Gasteiger partial charge in [-0.05, 0) is 55.5 Å².